The monoisotopic (exact) mass is 382 g/mol. The standard InChI is InChI=1S/C17H16Cl2N2O2S/c18-13-4-2-1-3-12(13)15-5-6-21(7-8-24-15)17(23)11-9-14(19)16(22)20-10-11/h1-4,9-10,15H,5-8H2,(H,20,22). The number of H-pyrrole nitrogens is 1. The number of aromatic nitrogens is 1. The fourth-order valence-electron chi connectivity index (χ4n) is 2.72. The van der Waals surface area contributed by atoms with Crippen molar-refractivity contribution in [2.24, 2.45) is 0 Å². The first kappa shape index (κ1) is 17.4. The Kier molecular flexibility index (Phi) is 5.54. The van der Waals surface area contributed by atoms with Crippen LogP contribution in [0.25, 0.3) is 0 Å². The number of rotatable bonds is 2. The summed E-state index contributed by atoms with van der Waals surface area (Å²) < 4.78 is 0. The molecule has 1 aliphatic heterocycles. The molecule has 1 aliphatic rings. The van der Waals surface area contributed by atoms with Gasteiger partial charge in [-0.2, -0.15) is 11.8 Å². The maximum atomic E-state index is 12.6. The van der Waals surface area contributed by atoms with Gasteiger partial charge in [0.15, 0.2) is 0 Å². The molecular weight excluding hydrogens is 367 g/mol. The molecule has 0 spiro atoms. The quantitative estimate of drug-likeness (QED) is 0.853. The normalized spacial score (nSPS) is 18.2. The smallest absolute Gasteiger partial charge is 0.266 e. The number of halogens is 2. The average Bonchev–Trinajstić information content (AvgIpc) is 2.83. The Morgan fingerprint density at radius 2 is 2.00 bits per heavy atom. The predicted octanol–water partition coefficient (Wildman–Crippen LogP) is 4.00. The number of nitrogens with zero attached hydrogens (tertiary/aromatic N) is 1. The summed E-state index contributed by atoms with van der Waals surface area (Å²) in [6.07, 6.45) is 2.25. The van der Waals surface area contributed by atoms with E-state index < -0.39 is 5.56 Å². The van der Waals surface area contributed by atoms with E-state index in [0.29, 0.717) is 18.7 Å². The average molecular weight is 383 g/mol. The molecule has 1 unspecified atom stereocenters. The van der Waals surface area contributed by atoms with Gasteiger partial charge in [-0.3, -0.25) is 9.59 Å². The molecule has 0 saturated carbocycles. The third-order valence-electron chi connectivity index (χ3n) is 3.99. The number of hydrogen-bond acceptors (Lipinski definition) is 3. The van der Waals surface area contributed by atoms with Crippen molar-refractivity contribution in [1.29, 1.82) is 0 Å². The zero-order valence-electron chi connectivity index (χ0n) is 12.8. The van der Waals surface area contributed by atoms with E-state index in [0.717, 1.165) is 22.8 Å². The second kappa shape index (κ2) is 7.64. The van der Waals surface area contributed by atoms with E-state index in [1.807, 2.05) is 36.0 Å². The molecule has 0 bridgehead atoms. The number of carbonyl (C=O) groups excluding carboxylic acids is 1. The lowest BCUT2D eigenvalue weighted by Crippen LogP contribution is -2.33. The van der Waals surface area contributed by atoms with Gasteiger partial charge in [0.25, 0.3) is 11.5 Å². The first-order valence-corrected chi connectivity index (χ1v) is 9.40. The van der Waals surface area contributed by atoms with Gasteiger partial charge < -0.3 is 9.88 Å². The molecular formula is C17H16Cl2N2O2S. The summed E-state index contributed by atoms with van der Waals surface area (Å²) in [6, 6.07) is 9.26. The Bertz CT molecular complexity index is 809. The van der Waals surface area contributed by atoms with Crippen LogP contribution < -0.4 is 5.56 Å². The molecule has 4 nitrogen and oxygen atoms in total. The van der Waals surface area contributed by atoms with Gasteiger partial charge in [-0.05, 0) is 24.1 Å². The van der Waals surface area contributed by atoms with Crippen molar-refractivity contribution in [2.75, 3.05) is 18.8 Å². The maximum Gasteiger partial charge on any atom is 0.266 e. The van der Waals surface area contributed by atoms with Crippen molar-refractivity contribution in [3.05, 3.63) is 68.1 Å². The Morgan fingerprint density at radius 3 is 2.75 bits per heavy atom. The highest BCUT2D eigenvalue weighted by Crippen LogP contribution is 2.37. The number of hydrogen-bond donors (Lipinski definition) is 1. The summed E-state index contributed by atoms with van der Waals surface area (Å²) in [6.45, 7) is 1.29. The Hall–Kier alpha value is -1.43. The highest BCUT2D eigenvalue weighted by atomic mass is 35.5. The van der Waals surface area contributed by atoms with E-state index in [4.69, 9.17) is 23.2 Å². The van der Waals surface area contributed by atoms with Gasteiger partial charge >= 0.3 is 0 Å². The fraction of sp³-hybridized carbons (Fsp3) is 0.294. The Balaban J connectivity index is 1.73. The molecule has 1 aromatic heterocycles. The lowest BCUT2D eigenvalue weighted by molar-refractivity contribution is 0.0766. The van der Waals surface area contributed by atoms with E-state index in [1.165, 1.54) is 12.3 Å². The number of benzene rings is 1. The van der Waals surface area contributed by atoms with Crippen LogP contribution in [-0.2, 0) is 0 Å². The Morgan fingerprint density at radius 1 is 1.21 bits per heavy atom. The molecule has 1 saturated heterocycles. The highest BCUT2D eigenvalue weighted by Gasteiger charge is 2.24. The number of thioether (sulfide) groups is 1. The fourth-order valence-corrected chi connectivity index (χ4v) is 4.49. The molecule has 0 aliphatic carbocycles. The maximum absolute atomic E-state index is 12.6. The zero-order chi connectivity index (χ0) is 17.1. The molecule has 24 heavy (non-hydrogen) atoms. The van der Waals surface area contributed by atoms with E-state index in [-0.39, 0.29) is 16.2 Å². The lowest BCUT2D eigenvalue weighted by atomic mass is 10.1. The second-order valence-corrected chi connectivity index (χ2v) is 7.65. The van der Waals surface area contributed by atoms with E-state index in [1.54, 1.807) is 4.90 Å². The SMILES string of the molecule is O=C(c1c[nH]c(=O)c(Cl)c1)N1CCSC(c2ccccc2Cl)CC1. The number of aromatic amines is 1. The molecule has 7 heteroatoms. The van der Waals surface area contributed by atoms with Crippen LogP contribution in [0.4, 0.5) is 0 Å². The third-order valence-corrected chi connectivity index (χ3v) is 5.92. The van der Waals surface area contributed by atoms with Gasteiger partial charge in [0, 0.05) is 35.3 Å². The first-order chi connectivity index (χ1) is 11.6. The van der Waals surface area contributed by atoms with Gasteiger partial charge in [-0.15, -0.1) is 0 Å². The van der Waals surface area contributed by atoms with Crippen LogP contribution in [0.3, 0.4) is 0 Å². The van der Waals surface area contributed by atoms with Gasteiger partial charge in [0.05, 0.1) is 5.56 Å². The molecule has 0 radical (unpaired) electrons. The van der Waals surface area contributed by atoms with Crippen LogP contribution in [-0.4, -0.2) is 34.6 Å². The number of pyridine rings is 1. The minimum Gasteiger partial charge on any atom is -0.338 e. The van der Waals surface area contributed by atoms with Crippen molar-refractivity contribution < 1.29 is 4.79 Å². The van der Waals surface area contributed by atoms with Crippen LogP contribution in [0, 0.1) is 0 Å². The van der Waals surface area contributed by atoms with Gasteiger partial charge in [0.2, 0.25) is 0 Å². The van der Waals surface area contributed by atoms with Gasteiger partial charge in [-0.25, -0.2) is 0 Å². The van der Waals surface area contributed by atoms with E-state index >= 15 is 0 Å². The molecule has 3 rings (SSSR count). The molecule has 2 heterocycles. The molecule has 1 atom stereocenters. The molecule has 1 fully saturated rings. The molecule has 2 aromatic rings. The predicted molar refractivity (Wildman–Crippen MR) is 99.2 cm³/mol. The second-order valence-electron chi connectivity index (χ2n) is 5.53. The van der Waals surface area contributed by atoms with E-state index in [9.17, 15) is 9.59 Å². The minimum atomic E-state index is -0.390. The first-order valence-electron chi connectivity index (χ1n) is 7.60. The number of carbonyl (C=O) groups is 1. The summed E-state index contributed by atoms with van der Waals surface area (Å²) in [7, 11) is 0. The third kappa shape index (κ3) is 3.79. The zero-order valence-corrected chi connectivity index (χ0v) is 15.1. The number of amides is 1. The van der Waals surface area contributed by atoms with Crippen LogP contribution >= 0.6 is 35.0 Å². The summed E-state index contributed by atoms with van der Waals surface area (Å²) in [5.41, 5.74) is 1.13. The molecule has 1 amide bonds. The van der Waals surface area contributed by atoms with E-state index in [2.05, 4.69) is 4.98 Å². The van der Waals surface area contributed by atoms with Crippen LogP contribution in [0.2, 0.25) is 10.0 Å². The van der Waals surface area contributed by atoms with Crippen LogP contribution in [0.1, 0.15) is 27.6 Å². The van der Waals surface area contributed by atoms with Crippen LogP contribution in [0.5, 0.6) is 0 Å². The van der Waals surface area contributed by atoms with Crippen molar-refractivity contribution >= 4 is 40.9 Å². The summed E-state index contributed by atoms with van der Waals surface area (Å²) in [5, 5.41) is 1.07. The van der Waals surface area contributed by atoms with Crippen molar-refractivity contribution in [3.8, 4) is 0 Å². The Labute approximate surface area is 154 Å². The summed E-state index contributed by atoms with van der Waals surface area (Å²) in [5.74, 6) is 0.715. The van der Waals surface area contributed by atoms with Crippen molar-refractivity contribution in [2.45, 2.75) is 11.7 Å². The van der Waals surface area contributed by atoms with Gasteiger partial charge in [-0.1, -0.05) is 41.4 Å². The minimum absolute atomic E-state index is 0.0268. The highest BCUT2D eigenvalue weighted by molar-refractivity contribution is 7.99. The lowest BCUT2D eigenvalue weighted by Gasteiger charge is -2.20. The van der Waals surface area contributed by atoms with Crippen molar-refractivity contribution in [1.82, 2.24) is 9.88 Å². The summed E-state index contributed by atoms with van der Waals surface area (Å²) in [4.78, 5) is 28.3. The van der Waals surface area contributed by atoms with Crippen molar-refractivity contribution in [3.63, 3.8) is 0 Å². The molecule has 1 aromatic carbocycles. The van der Waals surface area contributed by atoms with Gasteiger partial charge in [0.1, 0.15) is 5.02 Å². The number of nitrogens with one attached hydrogen (secondary N) is 1. The summed E-state index contributed by atoms with van der Waals surface area (Å²) >= 11 is 13.9. The molecule has 126 valence electrons. The largest absolute Gasteiger partial charge is 0.338 e. The topological polar surface area (TPSA) is 53.2 Å². The van der Waals surface area contributed by atoms with Crippen LogP contribution in [0.15, 0.2) is 41.3 Å². The molecule has 1 N–H and O–H groups in total.